The van der Waals surface area contributed by atoms with Crippen molar-refractivity contribution in [3.05, 3.63) is 20.8 Å². The van der Waals surface area contributed by atoms with E-state index in [0.717, 1.165) is 61.8 Å². The van der Waals surface area contributed by atoms with E-state index in [0.29, 0.717) is 18.2 Å². The molecule has 1 atom stereocenters. The molecule has 2 aromatic heterocycles. The second-order valence-corrected chi connectivity index (χ2v) is 9.50. The summed E-state index contributed by atoms with van der Waals surface area (Å²) in [6, 6.07) is 0. The van der Waals surface area contributed by atoms with Gasteiger partial charge in [-0.15, -0.1) is 11.3 Å². The molecule has 3 heterocycles. The van der Waals surface area contributed by atoms with E-state index >= 15 is 0 Å². The fourth-order valence-corrected chi connectivity index (χ4v) is 6.05. The molecular formula is C20H27N3O3S2. The number of nitrogens with one attached hydrogen (secondary N) is 1. The molecule has 8 heteroatoms. The minimum Gasteiger partial charge on any atom is -0.376 e. The SMILES string of the molecule is CCCCNC(=O)CSc1nc2sc3c(c2c(=O)n1C[C@H]1CCCO1)CCC3. The zero-order valence-corrected chi connectivity index (χ0v) is 17.9. The highest BCUT2D eigenvalue weighted by Crippen LogP contribution is 2.35. The number of ether oxygens (including phenoxy) is 1. The Morgan fingerprint density at radius 1 is 1.39 bits per heavy atom. The molecule has 0 spiro atoms. The molecule has 6 nitrogen and oxygen atoms in total. The van der Waals surface area contributed by atoms with Crippen LogP contribution < -0.4 is 10.9 Å². The largest absolute Gasteiger partial charge is 0.376 e. The smallest absolute Gasteiger partial charge is 0.263 e. The van der Waals surface area contributed by atoms with Crippen LogP contribution in [0.15, 0.2) is 9.95 Å². The number of thiophene rings is 1. The van der Waals surface area contributed by atoms with Crippen molar-refractivity contribution in [3.63, 3.8) is 0 Å². The van der Waals surface area contributed by atoms with Crippen molar-refractivity contribution < 1.29 is 9.53 Å². The average Bonchev–Trinajstić information content (AvgIpc) is 3.40. The molecule has 28 heavy (non-hydrogen) atoms. The lowest BCUT2D eigenvalue weighted by atomic mass is 10.2. The van der Waals surface area contributed by atoms with Gasteiger partial charge in [-0.05, 0) is 44.1 Å². The van der Waals surface area contributed by atoms with Gasteiger partial charge in [0.25, 0.3) is 5.56 Å². The topological polar surface area (TPSA) is 73.2 Å². The van der Waals surface area contributed by atoms with E-state index in [2.05, 4.69) is 12.2 Å². The third-order valence-electron chi connectivity index (χ3n) is 5.38. The maximum absolute atomic E-state index is 13.4. The molecule has 0 unspecified atom stereocenters. The fraction of sp³-hybridized carbons (Fsp3) is 0.650. The summed E-state index contributed by atoms with van der Waals surface area (Å²) in [5.74, 6) is 0.267. The first kappa shape index (κ1) is 19.9. The van der Waals surface area contributed by atoms with E-state index in [1.165, 1.54) is 22.2 Å². The molecule has 0 saturated carbocycles. The van der Waals surface area contributed by atoms with Gasteiger partial charge in [0.1, 0.15) is 4.83 Å². The third kappa shape index (κ3) is 4.14. The average molecular weight is 422 g/mol. The number of carbonyl (C=O) groups excluding carboxylic acids is 1. The van der Waals surface area contributed by atoms with Crippen molar-refractivity contribution in [1.82, 2.24) is 14.9 Å². The molecule has 1 N–H and O–H groups in total. The van der Waals surface area contributed by atoms with Crippen LogP contribution in [0.3, 0.4) is 0 Å². The highest BCUT2D eigenvalue weighted by atomic mass is 32.2. The van der Waals surface area contributed by atoms with Crippen molar-refractivity contribution in [3.8, 4) is 0 Å². The van der Waals surface area contributed by atoms with Crippen LogP contribution in [0.1, 0.15) is 49.5 Å². The Hall–Kier alpha value is -1.38. The first-order chi connectivity index (χ1) is 13.7. The summed E-state index contributed by atoms with van der Waals surface area (Å²) in [5.41, 5.74) is 1.24. The lowest BCUT2D eigenvalue weighted by Crippen LogP contribution is -2.30. The highest BCUT2D eigenvalue weighted by Gasteiger charge is 2.25. The first-order valence-electron chi connectivity index (χ1n) is 10.2. The van der Waals surface area contributed by atoms with Gasteiger partial charge in [0.15, 0.2) is 5.16 Å². The summed E-state index contributed by atoms with van der Waals surface area (Å²) < 4.78 is 7.53. The minimum atomic E-state index is -0.00913. The van der Waals surface area contributed by atoms with Gasteiger partial charge in [0.05, 0.1) is 23.8 Å². The molecule has 4 rings (SSSR count). The molecule has 1 fully saturated rings. The maximum atomic E-state index is 13.4. The Labute approximate surface area is 173 Å². The molecule has 2 aromatic rings. The quantitative estimate of drug-likeness (QED) is 0.403. The number of amides is 1. The van der Waals surface area contributed by atoms with E-state index < -0.39 is 0 Å². The molecule has 152 valence electrons. The number of thioether (sulfide) groups is 1. The summed E-state index contributed by atoms with van der Waals surface area (Å²) in [6.45, 7) is 4.07. The van der Waals surface area contributed by atoms with Gasteiger partial charge in [0.2, 0.25) is 5.91 Å². The van der Waals surface area contributed by atoms with Crippen LogP contribution >= 0.6 is 23.1 Å². The van der Waals surface area contributed by atoms with Crippen LogP contribution in [0.4, 0.5) is 0 Å². The fourth-order valence-electron chi connectivity index (χ4n) is 3.91. The van der Waals surface area contributed by atoms with Crippen LogP contribution in [0.25, 0.3) is 10.2 Å². The van der Waals surface area contributed by atoms with Gasteiger partial charge in [-0.2, -0.15) is 0 Å². The number of hydrogen-bond donors (Lipinski definition) is 1. The number of rotatable bonds is 8. The summed E-state index contributed by atoms with van der Waals surface area (Å²) >= 11 is 3.00. The Kier molecular flexibility index (Phi) is 6.38. The molecule has 1 aliphatic heterocycles. The maximum Gasteiger partial charge on any atom is 0.263 e. The first-order valence-corrected chi connectivity index (χ1v) is 12.0. The van der Waals surface area contributed by atoms with Gasteiger partial charge < -0.3 is 10.1 Å². The second kappa shape index (κ2) is 8.97. The van der Waals surface area contributed by atoms with E-state index in [9.17, 15) is 9.59 Å². The number of unbranched alkanes of at least 4 members (excludes halogenated alkanes) is 1. The van der Waals surface area contributed by atoms with Crippen molar-refractivity contribution in [2.75, 3.05) is 18.9 Å². The summed E-state index contributed by atoms with van der Waals surface area (Å²) in [4.78, 5) is 32.5. The predicted octanol–water partition coefficient (Wildman–Crippen LogP) is 3.13. The third-order valence-corrected chi connectivity index (χ3v) is 7.55. The van der Waals surface area contributed by atoms with Crippen LogP contribution in [-0.4, -0.2) is 40.5 Å². The molecule has 1 amide bonds. The predicted molar refractivity (Wildman–Crippen MR) is 114 cm³/mol. The Balaban J connectivity index is 1.61. The highest BCUT2D eigenvalue weighted by molar-refractivity contribution is 7.99. The van der Waals surface area contributed by atoms with Gasteiger partial charge >= 0.3 is 0 Å². The number of nitrogens with zero attached hydrogens (tertiary/aromatic N) is 2. The molecule has 0 bridgehead atoms. The molecule has 2 aliphatic rings. The van der Waals surface area contributed by atoms with Crippen LogP contribution in [0, 0.1) is 0 Å². The number of aryl methyl sites for hydroxylation is 2. The molecule has 0 radical (unpaired) electrons. The van der Waals surface area contributed by atoms with Gasteiger partial charge in [-0.25, -0.2) is 4.98 Å². The number of fused-ring (bicyclic) bond motifs is 3. The molecule has 1 saturated heterocycles. The van der Waals surface area contributed by atoms with Crippen molar-refractivity contribution >= 4 is 39.2 Å². The van der Waals surface area contributed by atoms with Crippen molar-refractivity contribution in [1.29, 1.82) is 0 Å². The summed E-state index contributed by atoms with van der Waals surface area (Å²) in [7, 11) is 0. The molecule has 1 aliphatic carbocycles. The summed E-state index contributed by atoms with van der Waals surface area (Å²) in [5, 5.41) is 4.37. The molecule has 0 aromatic carbocycles. The zero-order valence-electron chi connectivity index (χ0n) is 16.3. The van der Waals surface area contributed by atoms with Gasteiger partial charge in [0, 0.05) is 18.0 Å². The van der Waals surface area contributed by atoms with Gasteiger partial charge in [-0.1, -0.05) is 25.1 Å². The number of hydrogen-bond acceptors (Lipinski definition) is 6. The van der Waals surface area contributed by atoms with Crippen LogP contribution in [0.2, 0.25) is 0 Å². The Bertz CT molecular complexity index is 916. The van der Waals surface area contributed by atoms with Crippen molar-refractivity contribution in [2.24, 2.45) is 0 Å². The normalized spacial score (nSPS) is 18.7. The lowest BCUT2D eigenvalue weighted by Gasteiger charge is -2.16. The lowest BCUT2D eigenvalue weighted by molar-refractivity contribution is -0.118. The monoisotopic (exact) mass is 421 g/mol. The van der Waals surface area contributed by atoms with E-state index in [-0.39, 0.29) is 23.3 Å². The molecular weight excluding hydrogens is 394 g/mol. The zero-order chi connectivity index (χ0) is 19.5. The minimum absolute atomic E-state index is 0.00913. The Morgan fingerprint density at radius 2 is 2.29 bits per heavy atom. The van der Waals surface area contributed by atoms with Crippen LogP contribution in [-0.2, 0) is 28.9 Å². The van der Waals surface area contributed by atoms with E-state index in [1.807, 2.05) is 0 Å². The van der Waals surface area contributed by atoms with E-state index in [4.69, 9.17) is 9.72 Å². The van der Waals surface area contributed by atoms with Crippen molar-refractivity contribution in [2.45, 2.75) is 69.7 Å². The number of carbonyl (C=O) groups is 1. The van der Waals surface area contributed by atoms with Crippen LogP contribution in [0.5, 0.6) is 0 Å². The Morgan fingerprint density at radius 3 is 3.07 bits per heavy atom. The van der Waals surface area contributed by atoms with E-state index in [1.54, 1.807) is 15.9 Å². The standard InChI is InChI=1S/C20H27N3O3S2/c1-2-3-9-21-16(24)12-27-20-22-18-17(14-7-4-8-15(14)28-18)19(25)23(20)11-13-6-5-10-26-13/h13H,2-12H2,1H3,(H,21,24)/t13-/m1/s1. The summed E-state index contributed by atoms with van der Waals surface area (Å²) in [6.07, 6.45) is 7.22. The second-order valence-electron chi connectivity index (χ2n) is 7.47. The number of aromatic nitrogens is 2. The van der Waals surface area contributed by atoms with Gasteiger partial charge in [-0.3, -0.25) is 14.2 Å².